The van der Waals surface area contributed by atoms with Gasteiger partial charge in [0.15, 0.2) is 9.84 Å². The Bertz CT molecular complexity index is 1130. The number of sulfone groups is 1. The molecular weight excluding hydrogens is 408 g/mol. The molecule has 0 saturated carbocycles. The molecule has 3 aromatic rings. The summed E-state index contributed by atoms with van der Waals surface area (Å²) in [5, 5.41) is 5.63. The smallest absolute Gasteiger partial charge is 0.248 e. The maximum Gasteiger partial charge on any atom is 0.248 e. The largest absolute Gasteiger partial charge is 0.487 e. The molecule has 0 atom stereocenters. The summed E-state index contributed by atoms with van der Waals surface area (Å²) in [4.78, 5) is 16.6. The number of hydrogen-bond acceptors (Lipinski definition) is 6. The number of benzene rings is 2. The number of carbonyl (C=O) groups excluding carboxylic acids is 1. The van der Waals surface area contributed by atoms with E-state index in [0.29, 0.717) is 12.3 Å². The first-order chi connectivity index (χ1) is 13.8. The minimum Gasteiger partial charge on any atom is -0.487 e. The first kappa shape index (κ1) is 20.8. The molecule has 8 heteroatoms. The molecule has 0 radical (unpaired) electrons. The highest BCUT2D eigenvalue weighted by molar-refractivity contribution is 7.90. The van der Waals surface area contributed by atoms with E-state index in [1.165, 1.54) is 18.2 Å². The zero-order valence-electron chi connectivity index (χ0n) is 16.0. The molecule has 0 unspecified atom stereocenters. The standard InChI is InChI=1S/C21H20N2O4S2/c1-15-22-18(14-28-15)13-27-19-9-6-16(7-10-19)8-11-21(24)23-17-4-3-5-20(12-17)29(2,25)26/h3-12,14H,13H2,1-2H3,(H,23,24)/b11-8+. The average molecular weight is 429 g/mol. The third-order valence-corrected chi connectivity index (χ3v) is 5.82. The normalized spacial score (nSPS) is 11.5. The van der Waals surface area contributed by atoms with Gasteiger partial charge in [-0.1, -0.05) is 18.2 Å². The van der Waals surface area contributed by atoms with Gasteiger partial charge < -0.3 is 10.1 Å². The summed E-state index contributed by atoms with van der Waals surface area (Å²) in [6.07, 6.45) is 4.18. The van der Waals surface area contributed by atoms with Crippen LogP contribution in [0, 0.1) is 6.92 Å². The predicted octanol–water partition coefficient (Wildman–Crippen LogP) is 4.09. The maximum atomic E-state index is 12.1. The molecule has 0 fully saturated rings. The van der Waals surface area contributed by atoms with Crippen molar-refractivity contribution in [3.05, 3.63) is 76.3 Å². The Balaban J connectivity index is 1.56. The fourth-order valence-corrected chi connectivity index (χ4v) is 3.73. The van der Waals surface area contributed by atoms with E-state index in [0.717, 1.165) is 28.3 Å². The van der Waals surface area contributed by atoms with Crippen molar-refractivity contribution in [1.82, 2.24) is 4.98 Å². The fourth-order valence-electron chi connectivity index (χ4n) is 2.47. The Hall–Kier alpha value is -2.97. The van der Waals surface area contributed by atoms with Crippen molar-refractivity contribution in [2.45, 2.75) is 18.4 Å². The van der Waals surface area contributed by atoms with Crippen LogP contribution in [0.3, 0.4) is 0 Å². The highest BCUT2D eigenvalue weighted by Crippen LogP contribution is 2.17. The second-order valence-corrected chi connectivity index (χ2v) is 9.42. The number of rotatable bonds is 7. The van der Waals surface area contributed by atoms with Gasteiger partial charge >= 0.3 is 0 Å². The predicted molar refractivity (Wildman–Crippen MR) is 115 cm³/mol. The Morgan fingerprint density at radius 3 is 2.62 bits per heavy atom. The van der Waals surface area contributed by atoms with Crippen molar-refractivity contribution in [3.63, 3.8) is 0 Å². The molecule has 3 rings (SSSR count). The molecule has 0 spiro atoms. The number of hydrogen-bond donors (Lipinski definition) is 1. The van der Waals surface area contributed by atoms with E-state index in [2.05, 4.69) is 10.3 Å². The van der Waals surface area contributed by atoms with Crippen LogP contribution in [0.2, 0.25) is 0 Å². The summed E-state index contributed by atoms with van der Waals surface area (Å²) < 4.78 is 28.9. The average Bonchev–Trinajstić information content (AvgIpc) is 3.10. The molecule has 1 heterocycles. The maximum absolute atomic E-state index is 12.1. The molecule has 0 bridgehead atoms. The number of ether oxygens (including phenoxy) is 1. The van der Waals surface area contributed by atoms with Crippen LogP contribution < -0.4 is 10.1 Å². The molecule has 0 saturated heterocycles. The van der Waals surface area contributed by atoms with E-state index in [4.69, 9.17) is 4.74 Å². The van der Waals surface area contributed by atoms with Gasteiger partial charge in [-0.05, 0) is 48.9 Å². The van der Waals surface area contributed by atoms with Crippen LogP contribution in [-0.2, 0) is 21.2 Å². The lowest BCUT2D eigenvalue weighted by molar-refractivity contribution is -0.111. The molecule has 150 valence electrons. The van der Waals surface area contributed by atoms with Gasteiger partial charge in [0, 0.05) is 23.4 Å². The molecule has 0 aliphatic heterocycles. The summed E-state index contributed by atoms with van der Waals surface area (Å²) in [6, 6.07) is 13.5. The molecule has 0 aliphatic carbocycles. The van der Waals surface area contributed by atoms with E-state index < -0.39 is 9.84 Å². The number of aromatic nitrogens is 1. The molecule has 1 amide bonds. The Labute approximate surface area is 173 Å². The molecule has 2 aromatic carbocycles. The number of anilines is 1. The zero-order valence-corrected chi connectivity index (χ0v) is 17.6. The van der Waals surface area contributed by atoms with Crippen molar-refractivity contribution in [2.24, 2.45) is 0 Å². The van der Waals surface area contributed by atoms with Gasteiger partial charge in [-0.3, -0.25) is 4.79 Å². The number of carbonyl (C=O) groups is 1. The van der Waals surface area contributed by atoms with Gasteiger partial charge in [0.2, 0.25) is 5.91 Å². The lowest BCUT2D eigenvalue weighted by atomic mass is 10.2. The van der Waals surface area contributed by atoms with E-state index >= 15 is 0 Å². The highest BCUT2D eigenvalue weighted by Gasteiger charge is 2.08. The monoisotopic (exact) mass is 428 g/mol. The fraction of sp³-hybridized carbons (Fsp3) is 0.143. The van der Waals surface area contributed by atoms with Crippen molar-refractivity contribution >= 4 is 38.8 Å². The Morgan fingerprint density at radius 2 is 1.97 bits per heavy atom. The Morgan fingerprint density at radius 1 is 1.21 bits per heavy atom. The Kier molecular flexibility index (Phi) is 6.46. The second-order valence-electron chi connectivity index (χ2n) is 6.34. The number of aryl methyl sites for hydroxylation is 1. The van der Waals surface area contributed by atoms with Gasteiger partial charge in [-0.15, -0.1) is 11.3 Å². The van der Waals surface area contributed by atoms with E-state index in [9.17, 15) is 13.2 Å². The highest BCUT2D eigenvalue weighted by atomic mass is 32.2. The van der Waals surface area contributed by atoms with E-state index in [1.54, 1.807) is 29.5 Å². The zero-order chi connectivity index (χ0) is 20.9. The van der Waals surface area contributed by atoms with Gasteiger partial charge in [0.1, 0.15) is 12.4 Å². The van der Waals surface area contributed by atoms with Gasteiger partial charge in [-0.2, -0.15) is 0 Å². The molecule has 0 aliphatic rings. The van der Waals surface area contributed by atoms with Crippen LogP contribution in [0.1, 0.15) is 16.3 Å². The topological polar surface area (TPSA) is 85.4 Å². The van der Waals surface area contributed by atoms with Crippen LogP contribution in [-0.4, -0.2) is 25.6 Å². The third kappa shape index (κ3) is 6.27. The molecule has 1 aromatic heterocycles. The first-order valence-electron chi connectivity index (χ1n) is 8.73. The van der Waals surface area contributed by atoms with Crippen molar-refractivity contribution in [2.75, 3.05) is 11.6 Å². The molecule has 6 nitrogen and oxygen atoms in total. The first-order valence-corrected chi connectivity index (χ1v) is 11.5. The van der Waals surface area contributed by atoms with Crippen molar-refractivity contribution < 1.29 is 17.9 Å². The molecule has 29 heavy (non-hydrogen) atoms. The van der Waals surface area contributed by atoms with Gasteiger partial charge in [0.25, 0.3) is 0 Å². The van der Waals surface area contributed by atoms with Crippen LogP contribution in [0.5, 0.6) is 5.75 Å². The van der Waals surface area contributed by atoms with Crippen LogP contribution in [0.4, 0.5) is 5.69 Å². The number of thiazole rings is 1. The van der Waals surface area contributed by atoms with Crippen LogP contribution in [0.25, 0.3) is 6.08 Å². The van der Waals surface area contributed by atoms with Crippen molar-refractivity contribution in [1.29, 1.82) is 0 Å². The number of nitrogens with one attached hydrogen (secondary N) is 1. The van der Waals surface area contributed by atoms with E-state index in [-0.39, 0.29) is 10.8 Å². The summed E-state index contributed by atoms with van der Waals surface area (Å²) in [5.41, 5.74) is 2.15. The SMILES string of the molecule is Cc1nc(COc2ccc(/C=C/C(=O)Nc3cccc(S(C)(=O)=O)c3)cc2)cs1. The molecular formula is C21H20N2O4S2. The number of amides is 1. The summed E-state index contributed by atoms with van der Waals surface area (Å²) >= 11 is 1.59. The number of nitrogens with zero attached hydrogens (tertiary/aromatic N) is 1. The minimum atomic E-state index is -3.33. The van der Waals surface area contributed by atoms with Crippen molar-refractivity contribution in [3.8, 4) is 5.75 Å². The third-order valence-electron chi connectivity index (χ3n) is 3.89. The van der Waals surface area contributed by atoms with Gasteiger partial charge in [0.05, 0.1) is 15.6 Å². The van der Waals surface area contributed by atoms with Crippen LogP contribution in [0.15, 0.2) is 64.9 Å². The van der Waals surface area contributed by atoms with E-state index in [1.807, 2.05) is 36.6 Å². The quantitative estimate of drug-likeness (QED) is 0.573. The summed E-state index contributed by atoms with van der Waals surface area (Å²) in [5.74, 6) is 0.365. The lowest BCUT2D eigenvalue weighted by Crippen LogP contribution is -2.08. The lowest BCUT2D eigenvalue weighted by Gasteiger charge is -2.05. The van der Waals surface area contributed by atoms with Crippen LogP contribution >= 0.6 is 11.3 Å². The molecule has 1 N–H and O–H groups in total. The summed E-state index contributed by atoms with van der Waals surface area (Å²) in [6.45, 7) is 2.36. The second kappa shape index (κ2) is 9.02. The summed E-state index contributed by atoms with van der Waals surface area (Å²) in [7, 11) is -3.33. The minimum absolute atomic E-state index is 0.155. The van der Waals surface area contributed by atoms with Gasteiger partial charge in [-0.25, -0.2) is 13.4 Å².